The Kier molecular flexibility index (Phi) is 7.24. The van der Waals surface area contributed by atoms with Crippen LogP contribution in [-0.2, 0) is 17.8 Å². The van der Waals surface area contributed by atoms with Gasteiger partial charge in [-0.1, -0.05) is 32.0 Å². The van der Waals surface area contributed by atoms with Crippen LogP contribution < -0.4 is 20.9 Å². The summed E-state index contributed by atoms with van der Waals surface area (Å²) in [5, 5.41) is 5.93. The van der Waals surface area contributed by atoms with Gasteiger partial charge in [0.05, 0.1) is 7.11 Å². The number of rotatable bonds is 7. The van der Waals surface area contributed by atoms with Crippen LogP contribution >= 0.6 is 0 Å². The van der Waals surface area contributed by atoms with E-state index in [0.29, 0.717) is 32.6 Å². The fourth-order valence-electron chi connectivity index (χ4n) is 5.05. The van der Waals surface area contributed by atoms with Crippen molar-refractivity contribution in [3.05, 3.63) is 64.1 Å². The van der Waals surface area contributed by atoms with E-state index < -0.39 is 6.04 Å². The predicted molar refractivity (Wildman–Crippen MR) is 130 cm³/mol. The highest BCUT2D eigenvalue weighted by Gasteiger charge is 2.37. The molecule has 0 radical (unpaired) electrons. The maximum absolute atomic E-state index is 13.1. The summed E-state index contributed by atoms with van der Waals surface area (Å²) in [6.45, 7) is 6.13. The van der Waals surface area contributed by atoms with Gasteiger partial charge in [-0.3, -0.25) is 9.59 Å². The average Bonchev–Trinajstić information content (AvgIpc) is 2.83. The molecule has 3 amide bonds. The highest BCUT2D eigenvalue weighted by atomic mass is 16.5. The Morgan fingerprint density at radius 2 is 1.85 bits per heavy atom. The van der Waals surface area contributed by atoms with Crippen molar-refractivity contribution in [2.24, 2.45) is 11.8 Å². The van der Waals surface area contributed by atoms with Crippen molar-refractivity contribution < 1.29 is 14.3 Å². The monoisotopic (exact) mass is 466 g/mol. The standard InChI is InChI=1S/C26H34N4O4/c1-17(2)24(25(32)27-12-11-18-7-9-21(34-3)10-8-18)28-26(33)29-14-19-13-20(16-29)22-5-4-6-23(31)30(22)15-19/h4-10,17,19-20,24H,11-16H2,1-3H3,(H,27,32)(H,28,33). The van der Waals surface area contributed by atoms with Gasteiger partial charge in [-0.25, -0.2) is 4.79 Å². The number of fused-ring (bicyclic) bond motifs is 4. The molecule has 182 valence electrons. The summed E-state index contributed by atoms with van der Waals surface area (Å²) in [4.78, 5) is 40.1. The first kappa shape index (κ1) is 23.9. The van der Waals surface area contributed by atoms with Gasteiger partial charge in [0.25, 0.3) is 5.56 Å². The molecule has 2 aliphatic heterocycles. The molecule has 8 heteroatoms. The minimum atomic E-state index is -0.611. The summed E-state index contributed by atoms with van der Waals surface area (Å²) in [5.41, 5.74) is 2.12. The van der Waals surface area contributed by atoms with E-state index in [1.807, 2.05) is 48.7 Å². The van der Waals surface area contributed by atoms with Gasteiger partial charge >= 0.3 is 6.03 Å². The molecule has 0 saturated carbocycles. The number of carbonyl (C=O) groups excluding carboxylic acids is 2. The largest absolute Gasteiger partial charge is 0.497 e. The fraction of sp³-hybridized carbons (Fsp3) is 0.500. The number of hydrogen-bond donors (Lipinski definition) is 2. The molecule has 2 bridgehead atoms. The summed E-state index contributed by atoms with van der Waals surface area (Å²) in [7, 11) is 1.63. The normalized spacial score (nSPS) is 19.8. The highest BCUT2D eigenvalue weighted by molar-refractivity contribution is 5.87. The molecular formula is C26H34N4O4. The third-order valence-corrected chi connectivity index (χ3v) is 6.87. The number of nitrogens with one attached hydrogen (secondary N) is 2. The third kappa shape index (κ3) is 5.26. The zero-order valence-corrected chi connectivity index (χ0v) is 20.1. The zero-order valence-electron chi connectivity index (χ0n) is 20.1. The van der Waals surface area contributed by atoms with Crippen molar-refractivity contribution in [1.82, 2.24) is 20.1 Å². The second-order valence-electron chi connectivity index (χ2n) is 9.66. The van der Waals surface area contributed by atoms with Gasteiger partial charge in [-0.05, 0) is 48.4 Å². The first-order valence-corrected chi connectivity index (χ1v) is 12.0. The summed E-state index contributed by atoms with van der Waals surface area (Å²) >= 11 is 0. The Morgan fingerprint density at radius 1 is 1.09 bits per heavy atom. The van der Waals surface area contributed by atoms with Crippen LogP contribution in [0.15, 0.2) is 47.3 Å². The maximum atomic E-state index is 13.1. The number of carbonyl (C=O) groups is 2. The number of pyridine rings is 1. The van der Waals surface area contributed by atoms with Crippen molar-refractivity contribution >= 4 is 11.9 Å². The van der Waals surface area contributed by atoms with Crippen molar-refractivity contribution in [3.8, 4) is 5.75 Å². The number of methoxy groups -OCH3 is 1. The van der Waals surface area contributed by atoms with Gasteiger partial charge < -0.3 is 24.8 Å². The predicted octanol–water partition coefficient (Wildman–Crippen LogP) is 2.37. The molecule has 3 unspecified atom stereocenters. The van der Waals surface area contributed by atoms with Gasteiger partial charge in [0.2, 0.25) is 5.91 Å². The number of benzene rings is 1. The highest BCUT2D eigenvalue weighted by Crippen LogP contribution is 2.34. The lowest BCUT2D eigenvalue weighted by Gasteiger charge is -2.43. The summed E-state index contributed by atoms with van der Waals surface area (Å²) in [6, 6.07) is 12.3. The zero-order chi connectivity index (χ0) is 24.2. The van der Waals surface area contributed by atoms with Crippen LogP contribution in [0.25, 0.3) is 0 Å². The van der Waals surface area contributed by atoms with E-state index >= 15 is 0 Å². The van der Waals surface area contributed by atoms with Crippen molar-refractivity contribution in [2.75, 3.05) is 26.7 Å². The van der Waals surface area contributed by atoms with Crippen LogP contribution in [0, 0.1) is 11.8 Å². The van der Waals surface area contributed by atoms with Crippen LogP contribution in [0.5, 0.6) is 5.75 Å². The van der Waals surface area contributed by atoms with Crippen molar-refractivity contribution in [1.29, 1.82) is 0 Å². The van der Waals surface area contributed by atoms with Crippen LogP contribution in [0.4, 0.5) is 4.79 Å². The molecule has 2 N–H and O–H groups in total. The first-order valence-electron chi connectivity index (χ1n) is 12.0. The topological polar surface area (TPSA) is 92.7 Å². The molecule has 0 aliphatic carbocycles. The Labute approximate surface area is 200 Å². The third-order valence-electron chi connectivity index (χ3n) is 6.87. The Balaban J connectivity index is 1.33. The Hall–Kier alpha value is -3.29. The lowest BCUT2D eigenvalue weighted by molar-refractivity contribution is -0.123. The molecule has 3 atom stereocenters. The maximum Gasteiger partial charge on any atom is 0.318 e. The van der Waals surface area contributed by atoms with E-state index in [0.717, 1.165) is 23.4 Å². The van der Waals surface area contributed by atoms with E-state index in [2.05, 4.69) is 10.6 Å². The lowest BCUT2D eigenvalue weighted by Crippen LogP contribution is -2.57. The second-order valence-corrected chi connectivity index (χ2v) is 9.66. The SMILES string of the molecule is COc1ccc(CCNC(=O)C(NC(=O)N2CC3CC(C2)c2cccc(=O)n2C3)C(C)C)cc1. The van der Waals surface area contributed by atoms with Gasteiger partial charge in [-0.2, -0.15) is 0 Å². The van der Waals surface area contributed by atoms with Gasteiger partial charge in [0.15, 0.2) is 0 Å². The van der Waals surface area contributed by atoms with E-state index in [9.17, 15) is 14.4 Å². The average molecular weight is 467 g/mol. The van der Waals surface area contributed by atoms with Crippen molar-refractivity contribution in [2.45, 2.75) is 45.2 Å². The second kappa shape index (κ2) is 10.3. The Bertz CT molecular complexity index is 1080. The molecule has 2 aliphatic rings. The molecule has 2 aromatic rings. The van der Waals surface area contributed by atoms with Crippen molar-refractivity contribution in [3.63, 3.8) is 0 Å². The van der Waals surface area contributed by atoms with Crippen LogP contribution in [0.2, 0.25) is 0 Å². The minimum Gasteiger partial charge on any atom is -0.497 e. The molecule has 34 heavy (non-hydrogen) atoms. The molecule has 1 saturated heterocycles. The number of amides is 3. The summed E-state index contributed by atoms with van der Waals surface area (Å²) in [6.07, 6.45) is 1.68. The summed E-state index contributed by atoms with van der Waals surface area (Å²) < 4.78 is 7.02. The molecule has 1 fully saturated rings. The molecule has 0 spiro atoms. The number of urea groups is 1. The molecule has 1 aromatic heterocycles. The molecule has 3 heterocycles. The number of ether oxygens (including phenoxy) is 1. The Morgan fingerprint density at radius 3 is 2.56 bits per heavy atom. The molecule has 4 rings (SSSR count). The number of likely N-dealkylation sites (tertiary alicyclic amines) is 1. The van der Waals surface area contributed by atoms with E-state index in [1.165, 1.54) is 0 Å². The lowest BCUT2D eigenvalue weighted by atomic mass is 9.83. The number of hydrogen-bond acceptors (Lipinski definition) is 4. The van der Waals surface area contributed by atoms with Gasteiger partial charge in [0, 0.05) is 43.9 Å². The van der Waals surface area contributed by atoms with Gasteiger partial charge in [-0.15, -0.1) is 0 Å². The molecule has 1 aromatic carbocycles. The van der Waals surface area contributed by atoms with E-state index in [-0.39, 0.29) is 35.3 Å². The van der Waals surface area contributed by atoms with Crippen LogP contribution in [0.1, 0.15) is 37.4 Å². The summed E-state index contributed by atoms with van der Waals surface area (Å²) in [5.74, 6) is 0.961. The smallest absolute Gasteiger partial charge is 0.318 e. The van der Waals surface area contributed by atoms with Gasteiger partial charge in [0.1, 0.15) is 11.8 Å². The van der Waals surface area contributed by atoms with Crippen LogP contribution in [-0.4, -0.2) is 54.2 Å². The van der Waals surface area contributed by atoms with Crippen LogP contribution in [0.3, 0.4) is 0 Å². The molecular weight excluding hydrogens is 432 g/mol. The minimum absolute atomic E-state index is 0.0243. The fourth-order valence-corrected chi connectivity index (χ4v) is 5.05. The number of nitrogens with zero attached hydrogens (tertiary/aromatic N) is 2. The quantitative estimate of drug-likeness (QED) is 0.655. The van der Waals surface area contributed by atoms with E-state index in [4.69, 9.17) is 4.74 Å². The number of piperidine rings is 1. The van der Waals surface area contributed by atoms with E-state index in [1.54, 1.807) is 24.1 Å². The number of aromatic nitrogens is 1. The first-order chi connectivity index (χ1) is 16.4. The molecule has 8 nitrogen and oxygen atoms in total.